The molecule has 2 heteroatoms. The van der Waals surface area contributed by atoms with Crippen LogP contribution in [0.2, 0.25) is 0 Å². The van der Waals surface area contributed by atoms with Crippen molar-refractivity contribution in [1.82, 2.24) is 5.32 Å². The SMILES string of the molecule is Cc1cc(C)cc(CNCCc2ccc(F)cc2C)c1. The second kappa shape index (κ2) is 6.67. The normalized spacial score (nSPS) is 10.8. The van der Waals surface area contributed by atoms with Crippen molar-refractivity contribution in [2.75, 3.05) is 6.54 Å². The van der Waals surface area contributed by atoms with E-state index in [0.717, 1.165) is 25.1 Å². The van der Waals surface area contributed by atoms with Crippen LogP contribution in [0.25, 0.3) is 0 Å². The van der Waals surface area contributed by atoms with E-state index in [2.05, 4.69) is 37.4 Å². The van der Waals surface area contributed by atoms with Crippen LogP contribution in [0.1, 0.15) is 27.8 Å². The molecule has 106 valence electrons. The van der Waals surface area contributed by atoms with Gasteiger partial charge in [0.15, 0.2) is 0 Å². The molecular formula is C18H22FN. The van der Waals surface area contributed by atoms with Gasteiger partial charge in [-0.05, 0) is 62.6 Å². The minimum absolute atomic E-state index is 0.158. The van der Waals surface area contributed by atoms with Gasteiger partial charge in [-0.25, -0.2) is 4.39 Å². The lowest BCUT2D eigenvalue weighted by Crippen LogP contribution is -2.17. The van der Waals surface area contributed by atoms with Crippen LogP contribution in [0.15, 0.2) is 36.4 Å². The fourth-order valence-corrected chi connectivity index (χ4v) is 2.57. The van der Waals surface area contributed by atoms with E-state index in [1.165, 1.54) is 28.3 Å². The second-order valence-corrected chi connectivity index (χ2v) is 5.49. The molecule has 0 radical (unpaired) electrons. The Hall–Kier alpha value is -1.67. The van der Waals surface area contributed by atoms with Crippen LogP contribution in [0.4, 0.5) is 4.39 Å². The predicted molar refractivity (Wildman–Crippen MR) is 82.5 cm³/mol. The molecule has 0 heterocycles. The fourth-order valence-electron chi connectivity index (χ4n) is 2.57. The molecule has 0 spiro atoms. The van der Waals surface area contributed by atoms with Gasteiger partial charge >= 0.3 is 0 Å². The topological polar surface area (TPSA) is 12.0 Å². The summed E-state index contributed by atoms with van der Waals surface area (Å²) in [6.07, 6.45) is 0.927. The number of halogens is 1. The lowest BCUT2D eigenvalue weighted by atomic mass is 10.1. The van der Waals surface area contributed by atoms with Crippen molar-refractivity contribution in [3.63, 3.8) is 0 Å². The third-order valence-corrected chi connectivity index (χ3v) is 3.49. The highest BCUT2D eigenvalue weighted by molar-refractivity contribution is 5.29. The predicted octanol–water partition coefficient (Wildman–Crippen LogP) is 4.08. The Morgan fingerprint density at radius 1 is 0.950 bits per heavy atom. The minimum atomic E-state index is -0.158. The van der Waals surface area contributed by atoms with Gasteiger partial charge in [-0.15, -0.1) is 0 Å². The first-order valence-electron chi connectivity index (χ1n) is 7.07. The molecule has 0 bridgehead atoms. The molecule has 2 rings (SSSR count). The molecule has 0 aliphatic carbocycles. The first-order chi connectivity index (χ1) is 9.54. The average molecular weight is 271 g/mol. The zero-order chi connectivity index (χ0) is 14.5. The van der Waals surface area contributed by atoms with Crippen molar-refractivity contribution in [2.45, 2.75) is 33.7 Å². The van der Waals surface area contributed by atoms with Gasteiger partial charge in [0, 0.05) is 6.54 Å². The molecule has 0 aromatic heterocycles. The number of aryl methyl sites for hydroxylation is 3. The third-order valence-electron chi connectivity index (χ3n) is 3.49. The van der Waals surface area contributed by atoms with Crippen LogP contribution in [0.5, 0.6) is 0 Å². The summed E-state index contributed by atoms with van der Waals surface area (Å²) in [5.41, 5.74) is 6.16. The fraction of sp³-hybridized carbons (Fsp3) is 0.333. The van der Waals surface area contributed by atoms with Crippen LogP contribution >= 0.6 is 0 Å². The molecule has 0 saturated carbocycles. The Labute approximate surface area is 120 Å². The van der Waals surface area contributed by atoms with E-state index in [1.54, 1.807) is 6.07 Å². The van der Waals surface area contributed by atoms with Gasteiger partial charge in [-0.2, -0.15) is 0 Å². The minimum Gasteiger partial charge on any atom is -0.312 e. The van der Waals surface area contributed by atoms with Crippen molar-refractivity contribution in [3.05, 3.63) is 70.0 Å². The van der Waals surface area contributed by atoms with Gasteiger partial charge in [0.1, 0.15) is 5.82 Å². The highest BCUT2D eigenvalue weighted by Crippen LogP contribution is 2.11. The Balaban J connectivity index is 1.84. The number of rotatable bonds is 5. The van der Waals surface area contributed by atoms with Crippen molar-refractivity contribution < 1.29 is 4.39 Å². The highest BCUT2D eigenvalue weighted by atomic mass is 19.1. The van der Waals surface area contributed by atoms with Gasteiger partial charge in [-0.3, -0.25) is 0 Å². The molecule has 2 aromatic rings. The highest BCUT2D eigenvalue weighted by Gasteiger charge is 2.00. The van der Waals surface area contributed by atoms with Crippen LogP contribution in [0, 0.1) is 26.6 Å². The monoisotopic (exact) mass is 271 g/mol. The van der Waals surface area contributed by atoms with Gasteiger partial charge in [0.25, 0.3) is 0 Å². The number of benzene rings is 2. The summed E-state index contributed by atoms with van der Waals surface area (Å²) in [4.78, 5) is 0. The maximum atomic E-state index is 13.0. The number of hydrogen-bond donors (Lipinski definition) is 1. The summed E-state index contributed by atoms with van der Waals surface area (Å²) in [7, 11) is 0. The van der Waals surface area contributed by atoms with E-state index < -0.39 is 0 Å². The van der Waals surface area contributed by atoms with Crippen LogP contribution < -0.4 is 5.32 Å². The quantitative estimate of drug-likeness (QED) is 0.808. The molecule has 20 heavy (non-hydrogen) atoms. The lowest BCUT2D eigenvalue weighted by molar-refractivity contribution is 0.624. The molecule has 0 unspecified atom stereocenters. The smallest absolute Gasteiger partial charge is 0.123 e. The third kappa shape index (κ3) is 4.17. The van der Waals surface area contributed by atoms with Gasteiger partial charge in [0.05, 0.1) is 0 Å². The number of hydrogen-bond acceptors (Lipinski definition) is 1. The van der Waals surface area contributed by atoms with Crippen molar-refractivity contribution >= 4 is 0 Å². The van der Waals surface area contributed by atoms with Crippen molar-refractivity contribution in [1.29, 1.82) is 0 Å². The maximum Gasteiger partial charge on any atom is 0.123 e. The molecule has 1 nitrogen and oxygen atoms in total. The zero-order valence-electron chi connectivity index (χ0n) is 12.5. The van der Waals surface area contributed by atoms with E-state index in [9.17, 15) is 4.39 Å². The zero-order valence-corrected chi connectivity index (χ0v) is 12.5. The van der Waals surface area contributed by atoms with Crippen molar-refractivity contribution in [2.24, 2.45) is 0 Å². The van der Waals surface area contributed by atoms with Crippen LogP contribution in [-0.2, 0) is 13.0 Å². The second-order valence-electron chi connectivity index (χ2n) is 5.49. The Morgan fingerprint density at radius 2 is 1.65 bits per heavy atom. The van der Waals surface area contributed by atoms with E-state index >= 15 is 0 Å². The molecule has 1 N–H and O–H groups in total. The lowest BCUT2D eigenvalue weighted by Gasteiger charge is -2.09. The molecule has 0 fully saturated rings. The summed E-state index contributed by atoms with van der Waals surface area (Å²) in [6.45, 7) is 7.99. The van der Waals surface area contributed by atoms with E-state index in [0.29, 0.717) is 0 Å². The van der Waals surface area contributed by atoms with Gasteiger partial charge in [0.2, 0.25) is 0 Å². The van der Waals surface area contributed by atoms with Gasteiger partial charge in [-0.1, -0.05) is 35.4 Å². The number of nitrogens with one attached hydrogen (secondary N) is 1. The summed E-state index contributed by atoms with van der Waals surface area (Å²) < 4.78 is 13.0. The Bertz CT molecular complexity index is 570. The molecular weight excluding hydrogens is 249 g/mol. The molecule has 0 amide bonds. The van der Waals surface area contributed by atoms with Gasteiger partial charge < -0.3 is 5.32 Å². The molecule has 0 atom stereocenters. The summed E-state index contributed by atoms with van der Waals surface area (Å²) in [6, 6.07) is 11.6. The molecule has 0 aliphatic heterocycles. The Morgan fingerprint density at radius 3 is 2.30 bits per heavy atom. The summed E-state index contributed by atoms with van der Waals surface area (Å²) >= 11 is 0. The van der Waals surface area contributed by atoms with E-state index in [4.69, 9.17) is 0 Å². The van der Waals surface area contributed by atoms with E-state index in [1.807, 2.05) is 13.0 Å². The Kier molecular flexibility index (Phi) is 4.91. The molecule has 0 saturated heterocycles. The first-order valence-corrected chi connectivity index (χ1v) is 7.07. The molecule has 0 aliphatic rings. The van der Waals surface area contributed by atoms with Crippen LogP contribution in [-0.4, -0.2) is 6.54 Å². The van der Waals surface area contributed by atoms with E-state index in [-0.39, 0.29) is 5.82 Å². The largest absolute Gasteiger partial charge is 0.312 e. The first kappa shape index (κ1) is 14.7. The molecule has 2 aromatic carbocycles. The summed E-state index contributed by atoms with van der Waals surface area (Å²) in [5.74, 6) is -0.158. The summed E-state index contributed by atoms with van der Waals surface area (Å²) in [5, 5.41) is 3.45. The van der Waals surface area contributed by atoms with Crippen molar-refractivity contribution in [3.8, 4) is 0 Å². The van der Waals surface area contributed by atoms with Crippen LogP contribution in [0.3, 0.4) is 0 Å². The maximum absolute atomic E-state index is 13.0. The average Bonchev–Trinajstić information content (AvgIpc) is 2.35. The standard InChI is InChI=1S/C18H22FN/c1-13-8-14(2)10-16(9-13)12-20-7-6-17-4-5-18(19)11-15(17)3/h4-5,8-11,20H,6-7,12H2,1-3H3.